The smallest absolute Gasteiger partial charge is 0.311 e. The van der Waals surface area contributed by atoms with Crippen LogP contribution in [0.25, 0.3) is 0 Å². The summed E-state index contributed by atoms with van der Waals surface area (Å²) in [6.07, 6.45) is 27.2. The molecule has 0 rings (SSSR count). The number of rotatable bonds is 24. The molecule has 32 heavy (non-hydrogen) atoms. The number of ether oxygens (including phenoxy) is 1. The van der Waals surface area contributed by atoms with Gasteiger partial charge in [0, 0.05) is 0 Å². The molecule has 0 saturated heterocycles. The summed E-state index contributed by atoms with van der Waals surface area (Å²) in [7, 11) is 0. The molecule has 0 aliphatic rings. The summed E-state index contributed by atoms with van der Waals surface area (Å²) in [6, 6.07) is 0. The molecule has 192 valence electrons. The minimum Gasteiger partial charge on any atom is -0.465 e. The lowest BCUT2D eigenvalue weighted by Crippen LogP contribution is -2.35. The number of hydrogen-bond acceptors (Lipinski definition) is 2. The maximum atomic E-state index is 13.0. The van der Waals surface area contributed by atoms with Gasteiger partial charge in [-0.2, -0.15) is 0 Å². The average molecular weight is 453 g/mol. The van der Waals surface area contributed by atoms with Crippen LogP contribution in [0.15, 0.2) is 0 Å². The first-order valence-electron chi connectivity index (χ1n) is 14.7. The van der Waals surface area contributed by atoms with Crippen molar-refractivity contribution in [3.8, 4) is 0 Å². The Morgan fingerprint density at radius 3 is 1.38 bits per heavy atom. The zero-order valence-electron chi connectivity index (χ0n) is 23.0. The third-order valence-electron chi connectivity index (χ3n) is 7.34. The van der Waals surface area contributed by atoms with E-state index < -0.39 is 0 Å². The molecule has 0 aromatic carbocycles. The standard InChI is InChI=1S/C30H60O2/c1-6-9-12-14-16-17-18-19-21-24-27-32-29(31)30(4,5)28(25-22-11-8-3)26-23-20-15-13-10-7-2/h28H,6-27H2,1-5H3. The predicted molar refractivity (Wildman–Crippen MR) is 142 cm³/mol. The minimum atomic E-state index is -0.352. The van der Waals surface area contributed by atoms with E-state index in [0.29, 0.717) is 12.5 Å². The fourth-order valence-electron chi connectivity index (χ4n) is 4.78. The molecule has 0 radical (unpaired) electrons. The van der Waals surface area contributed by atoms with Gasteiger partial charge in [-0.05, 0) is 39.0 Å². The van der Waals surface area contributed by atoms with Gasteiger partial charge in [-0.15, -0.1) is 0 Å². The molecule has 0 aliphatic carbocycles. The van der Waals surface area contributed by atoms with Crippen LogP contribution in [0.4, 0.5) is 0 Å². The molecule has 2 nitrogen and oxygen atoms in total. The Morgan fingerprint density at radius 2 is 0.906 bits per heavy atom. The molecule has 0 fully saturated rings. The van der Waals surface area contributed by atoms with E-state index in [4.69, 9.17) is 4.74 Å². The molecule has 0 amide bonds. The van der Waals surface area contributed by atoms with Crippen molar-refractivity contribution < 1.29 is 9.53 Å². The largest absolute Gasteiger partial charge is 0.465 e. The molecule has 0 aromatic heterocycles. The number of unbranched alkanes of at least 4 members (excludes halogenated alkanes) is 16. The average Bonchev–Trinajstić information content (AvgIpc) is 2.78. The van der Waals surface area contributed by atoms with Crippen LogP contribution in [-0.2, 0) is 9.53 Å². The SMILES string of the molecule is CCCCCCCCCCCCOC(=O)C(C)(C)C(CCCCC)CCCCCCCC. The van der Waals surface area contributed by atoms with E-state index in [-0.39, 0.29) is 11.4 Å². The quantitative estimate of drug-likeness (QED) is 0.107. The lowest BCUT2D eigenvalue weighted by Gasteiger charge is -2.32. The van der Waals surface area contributed by atoms with Gasteiger partial charge in [-0.1, -0.05) is 136 Å². The molecule has 0 aromatic rings. The first-order chi connectivity index (χ1) is 15.5. The summed E-state index contributed by atoms with van der Waals surface area (Å²) in [6.45, 7) is 11.7. The van der Waals surface area contributed by atoms with Crippen molar-refractivity contribution in [1.82, 2.24) is 0 Å². The van der Waals surface area contributed by atoms with Gasteiger partial charge in [-0.25, -0.2) is 0 Å². The Morgan fingerprint density at radius 1 is 0.562 bits per heavy atom. The summed E-state index contributed by atoms with van der Waals surface area (Å²) < 4.78 is 5.79. The third-order valence-corrected chi connectivity index (χ3v) is 7.34. The molecule has 0 spiro atoms. The third kappa shape index (κ3) is 17.0. The highest BCUT2D eigenvalue weighted by Gasteiger charge is 2.37. The molecular formula is C30H60O2. The van der Waals surface area contributed by atoms with Crippen LogP contribution < -0.4 is 0 Å². The Bertz CT molecular complexity index is 402. The Balaban J connectivity index is 4.15. The van der Waals surface area contributed by atoms with Crippen molar-refractivity contribution in [2.75, 3.05) is 6.61 Å². The van der Waals surface area contributed by atoms with Crippen LogP contribution in [0.5, 0.6) is 0 Å². The van der Waals surface area contributed by atoms with Crippen LogP contribution in [0.3, 0.4) is 0 Å². The normalized spacial score (nSPS) is 12.8. The second kappa shape index (κ2) is 22.3. The molecule has 0 aliphatic heterocycles. The van der Waals surface area contributed by atoms with Crippen LogP contribution in [-0.4, -0.2) is 12.6 Å². The Kier molecular flexibility index (Phi) is 21.9. The Labute approximate surface area is 203 Å². The second-order valence-corrected chi connectivity index (χ2v) is 10.8. The van der Waals surface area contributed by atoms with Crippen molar-refractivity contribution in [3.05, 3.63) is 0 Å². The first kappa shape index (κ1) is 31.5. The molecule has 0 N–H and O–H groups in total. The lowest BCUT2D eigenvalue weighted by molar-refractivity contribution is -0.157. The number of esters is 1. The van der Waals surface area contributed by atoms with E-state index in [2.05, 4.69) is 34.6 Å². The van der Waals surface area contributed by atoms with Crippen molar-refractivity contribution in [2.24, 2.45) is 11.3 Å². The monoisotopic (exact) mass is 452 g/mol. The van der Waals surface area contributed by atoms with E-state index in [1.165, 1.54) is 128 Å². The van der Waals surface area contributed by atoms with Crippen molar-refractivity contribution in [2.45, 2.75) is 169 Å². The van der Waals surface area contributed by atoms with E-state index >= 15 is 0 Å². The molecular weight excluding hydrogens is 392 g/mol. The van der Waals surface area contributed by atoms with Gasteiger partial charge >= 0.3 is 5.97 Å². The maximum Gasteiger partial charge on any atom is 0.311 e. The summed E-state index contributed by atoms with van der Waals surface area (Å²) in [4.78, 5) is 13.0. The minimum absolute atomic E-state index is 0.0425. The van der Waals surface area contributed by atoms with Gasteiger partial charge in [0.15, 0.2) is 0 Å². The summed E-state index contributed by atoms with van der Waals surface area (Å²) in [5.74, 6) is 0.501. The van der Waals surface area contributed by atoms with Crippen molar-refractivity contribution in [1.29, 1.82) is 0 Å². The molecule has 1 unspecified atom stereocenters. The van der Waals surface area contributed by atoms with E-state index in [1.54, 1.807) is 0 Å². The highest BCUT2D eigenvalue weighted by atomic mass is 16.5. The molecule has 2 heteroatoms. The number of carbonyl (C=O) groups excluding carboxylic acids is 1. The zero-order chi connectivity index (χ0) is 23.9. The summed E-state index contributed by atoms with van der Waals surface area (Å²) >= 11 is 0. The van der Waals surface area contributed by atoms with Gasteiger partial charge in [0.1, 0.15) is 0 Å². The molecule has 1 atom stereocenters. The number of carbonyl (C=O) groups is 1. The zero-order valence-corrected chi connectivity index (χ0v) is 23.0. The number of hydrogen-bond donors (Lipinski definition) is 0. The van der Waals surface area contributed by atoms with Crippen LogP contribution in [0, 0.1) is 11.3 Å². The summed E-state index contributed by atoms with van der Waals surface area (Å²) in [5, 5.41) is 0. The van der Waals surface area contributed by atoms with E-state index in [9.17, 15) is 4.79 Å². The van der Waals surface area contributed by atoms with Gasteiger partial charge in [0.05, 0.1) is 12.0 Å². The van der Waals surface area contributed by atoms with Gasteiger partial charge < -0.3 is 4.74 Å². The maximum absolute atomic E-state index is 13.0. The second-order valence-electron chi connectivity index (χ2n) is 10.8. The van der Waals surface area contributed by atoms with Gasteiger partial charge in [0.25, 0.3) is 0 Å². The first-order valence-corrected chi connectivity index (χ1v) is 14.7. The van der Waals surface area contributed by atoms with Crippen LogP contribution in [0.2, 0.25) is 0 Å². The highest BCUT2D eigenvalue weighted by Crippen LogP contribution is 2.36. The fraction of sp³-hybridized carbons (Fsp3) is 0.967. The lowest BCUT2D eigenvalue weighted by atomic mass is 9.73. The molecule has 0 saturated carbocycles. The topological polar surface area (TPSA) is 26.3 Å². The highest BCUT2D eigenvalue weighted by molar-refractivity contribution is 5.76. The fourth-order valence-corrected chi connectivity index (χ4v) is 4.78. The predicted octanol–water partition coefficient (Wildman–Crippen LogP) is 10.4. The van der Waals surface area contributed by atoms with Crippen molar-refractivity contribution >= 4 is 5.97 Å². The van der Waals surface area contributed by atoms with E-state index in [0.717, 1.165) is 6.42 Å². The molecule has 0 heterocycles. The van der Waals surface area contributed by atoms with Crippen molar-refractivity contribution in [3.63, 3.8) is 0 Å². The van der Waals surface area contributed by atoms with Crippen LogP contribution >= 0.6 is 0 Å². The van der Waals surface area contributed by atoms with Gasteiger partial charge in [-0.3, -0.25) is 4.79 Å². The Hall–Kier alpha value is -0.530. The summed E-state index contributed by atoms with van der Waals surface area (Å²) in [5.41, 5.74) is -0.352. The van der Waals surface area contributed by atoms with Gasteiger partial charge in [0.2, 0.25) is 0 Å². The van der Waals surface area contributed by atoms with Crippen LogP contribution in [0.1, 0.15) is 169 Å². The van der Waals surface area contributed by atoms with E-state index in [1.807, 2.05) is 0 Å². The molecule has 0 bridgehead atoms.